The number of morpholine rings is 1. The first-order chi connectivity index (χ1) is 12.4. The summed E-state index contributed by atoms with van der Waals surface area (Å²) in [7, 11) is 1.73. The molecular formula is C19H23N3O4. The van der Waals surface area contributed by atoms with Gasteiger partial charge in [0.2, 0.25) is 0 Å². The second-order valence-electron chi connectivity index (χ2n) is 6.68. The number of hydrogen-bond donors (Lipinski definition) is 1. The Kier molecular flexibility index (Phi) is 5.49. The number of para-hydroxylation sites is 1. The number of nitrogens with zero attached hydrogens (tertiary/aromatic N) is 3. The molecule has 0 saturated carbocycles. The third kappa shape index (κ3) is 4.17. The summed E-state index contributed by atoms with van der Waals surface area (Å²) in [5, 5.41) is 9.90. The molecule has 1 saturated heterocycles. The van der Waals surface area contributed by atoms with Crippen molar-refractivity contribution in [3.63, 3.8) is 0 Å². The van der Waals surface area contributed by atoms with Gasteiger partial charge in [-0.1, -0.05) is 18.2 Å². The van der Waals surface area contributed by atoms with E-state index < -0.39 is 5.97 Å². The molecule has 0 unspecified atom stereocenters. The van der Waals surface area contributed by atoms with Gasteiger partial charge in [0.25, 0.3) is 5.91 Å². The molecule has 1 N–H and O–H groups in total. The molecule has 1 fully saturated rings. The zero-order valence-electron chi connectivity index (χ0n) is 15.0. The maximum atomic E-state index is 12.9. The van der Waals surface area contributed by atoms with Gasteiger partial charge in [0, 0.05) is 25.0 Å². The number of carboxylic acid groups (broad SMARTS) is 1. The molecule has 0 radical (unpaired) electrons. The molecule has 1 amide bonds. The normalized spacial score (nSPS) is 17.7. The number of fused-ring (bicyclic) bond motifs is 1. The molecule has 1 aromatic carbocycles. The van der Waals surface area contributed by atoms with E-state index in [1.54, 1.807) is 16.8 Å². The van der Waals surface area contributed by atoms with Crippen molar-refractivity contribution in [2.75, 3.05) is 39.8 Å². The number of aryl methyl sites for hydroxylation is 1. The molecule has 1 aromatic heterocycles. The van der Waals surface area contributed by atoms with E-state index in [-0.39, 0.29) is 18.6 Å². The summed E-state index contributed by atoms with van der Waals surface area (Å²) < 4.78 is 5.69. The number of carbonyl (C=O) groups excluding carboxylic acids is 1. The molecule has 26 heavy (non-hydrogen) atoms. The van der Waals surface area contributed by atoms with Crippen LogP contribution in [-0.4, -0.2) is 77.7 Å². The number of benzene rings is 1. The molecule has 1 aliphatic rings. The van der Waals surface area contributed by atoms with Crippen LogP contribution >= 0.6 is 0 Å². The van der Waals surface area contributed by atoms with Gasteiger partial charge in [-0.25, -0.2) is 4.98 Å². The predicted octanol–water partition coefficient (Wildman–Crippen LogP) is 1.40. The van der Waals surface area contributed by atoms with Crippen molar-refractivity contribution in [1.82, 2.24) is 14.8 Å². The maximum absolute atomic E-state index is 12.9. The number of aliphatic carboxylic acids is 1. The van der Waals surface area contributed by atoms with Crippen molar-refractivity contribution >= 4 is 22.8 Å². The number of ether oxygens (including phenoxy) is 1. The fraction of sp³-hybridized carbons (Fsp3) is 0.421. The highest BCUT2D eigenvalue weighted by atomic mass is 16.5. The molecule has 2 aromatic rings. The van der Waals surface area contributed by atoms with Crippen molar-refractivity contribution in [1.29, 1.82) is 0 Å². The van der Waals surface area contributed by atoms with E-state index in [1.807, 2.05) is 37.3 Å². The number of hydrogen-bond acceptors (Lipinski definition) is 5. The van der Waals surface area contributed by atoms with Crippen molar-refractivity contribution < 1.29 is 19.4 Å². The summed E-state index contributed by atoms with van der Waals surface area (Å²) in [5.41, 5.74) is 2.26. The number of carboxylic acids is 1. The largest absolute Gasteiger partial charge is 0.480 e. The monoisotopic (exact) mass is 357 g/mol. The van der Waals surface area contributed by atoms with E-state index in [1.165, 1.54) is 0 Å². The van der Waals surface area contributed by atoms with Crippen LogP contribution in [-0.2, 0) is 9.53 Å². The summed E-state index contributed by atoms with van der Waals surface area (Å²) in [6.07, 6.45) is -0.210. The van der Waals surface area contributed by atoms with E-state index in [0.717, 1.165) is 16.5 Å². The molecule has 138 valence electrons. The van der Waals surface area contributed by atoms with Crippen LogP contribution in [0.15, 0.2) is 30.3 Å². The van der Waals surface area contributed by atoms with Crippen molar-refractivity contribution in [2.24, 2.45) is 0 Å². The summed E-state index contributed by atoms with van der Waals surface area (Å²) in [6.45, 7) is 3.75. The number of rotatable bonds is 5. The fourth-order valence-electron chi connectivity index (χ4n) is 3.28. The summed E-state index contributed by atoms with van der Waals surface area (Å²) >= 11 is 0. The van der Waals surface area contributed by atoms with Gasteiger partial charge in [0.15, 0.2) is 0 Å². The molecule has 7 heteroatoms. The quantitative estimate of drug-likeness (QED) is 0.871. The minimum Gasteiger partial charge on any atom is -0.480 e. The number of likely N-dealkylation sites (N-methyl/N-ethyl adjacent to an activating group) is 1. The number of pyridine rings is 1. The predicted molar refractivity (Wildman–Crippen MR) is 97.3 cm³/mol. The Labute approximate surface area is 152 Å². The lowest BCUT2D eigenvalue weighted by Crippen LogP contribution is -2.49. The molecule has 0 aliphatic carbocycles. The highest BCUT2D eigenvalue weighted by molar-refractivity contribution is 5.96. The number of amides is 1. The summed E-state index contributed by atoms with van der Waals surface area (Å²) in [5.74, 6) is -1.000. The van der Waals surface area contributed by atoms with Crippen LogP contribution in [0, 0.1) is 6.92 Å². The molecule has 7 nitrogen and oxygen atoms in total. The van der Waals surface area contributed by atoms with Crippen LogP contribution < -0.4 is 0 Å². The first-order valence-corrected chi connectivity index (χ1v) is 8.61. The van der Waals surface area contributed by atoms with Gasteiger partial charge in [-0.2, -0.15) is 0 Å². The van der Waals surface area contributed by atoms with Gasteiger partial charge in [-0.15, -0.1) is 0 Å². The Balaban J connectivity index is 1.72. The van der Waals surface area contributed by atoms with Crippen LogP contribution in [0.4, 0.5) is 0 Å². The first kappa shape index (κ1) is 18.3. The van der Waals surface area contributed by atoms with E-state index in [9.17, 15) is 9.59 Å². The Morgan fingerprint density at radius 1 is 1.38 bits per heavy atom. The molecule has 1 atom stereocenters. The molecule has 2 heterocycles. The summed E-state index contributed by atoms with van der Waals surface area (Å²) in [4.78, 5) is 31.6. The topological polar surface area (TPSA) is 83.0 Å². The van der Waals surface area contributed by atoms with E-state index in [0.29, 0.717) is 31.9 Å². The lowest BCUT2D eigenvalue weighted by Gasteiger charge is -2.34. The smallest absolute Gasteiger partial charge is 0.317 e. The lowest BCUT2D eigenvalue weighted by molar-refractivity contribution is -0.138. The third-order valence-corrected chi connectivity index (χ3v) is 4.49. The fourth-order valence-corrected chi connectivity index (χ4v) is 3.28. The van der Waals surface area contributed by atoms with Crippen LogP contribution in [0.5, 0.6) is 0 Å². The zero-order valence-corrected chi connectivity index (χ0v) is 15.0. The van der Waals surface area contributed by atoms with Crippen LogP contribution in [0.2, 0.25) is 0 Å². The lowest BCUT2D eigenvalue weighted by atomic mass is 10.1. The Morgan fingerprint density at radius 2 is 2.15 bits per heavy atom. The first-order valence-electron chi connectivity index (χ1n) is 8.61. The van der Waals surface area contributed by atoms with Crippen molar-refractivity contribution in [2.45, 2.75) is 13.0 Å². The maximum Gasteiger partial charge on any atom is 0.317 e. The molecular weight excluding hydrogens is 334 g/mol. The van der Waals surface area contributed by atoms with Gasteiger partial charge < -0.3 is 14.7 Å². The highest BCUT2D eigenvalue weighted by Gasteiger charge is 2.27. The minimum absolute atomic E-state index is 0.0563. The second-order valence-corrected chi connectivity index (χ2v) is 6.68. The Morgan fingerprint density at radius 3 is 2.92 bits per heavy atom. The zero-order chi connectivity index (χ0) is 18.7. The van der Waals surface area contributed by atoms with Crippen LogP contribution in [0.1, 0.15) is 16.1 Å². The molecule has 1 aliphatic heterocycles. The number of aromatic nitrogens is 1. The van der Waals surface area contributed by atoms with E-state index in [2.05, 4.69) is 4.98 Å². The highest BCUT2D eigenvalue weighted by Crippen LogP contribution is 2.19. The van der Waals surface area contributed by atoms with Gasteiger partial charge in [0.1, 0.15) is 5.69 Å². The Bertz CT molecular complexity index is 824. The Hall–Kier alpha value is -2.51. The molecule has 3 rings (SSSR count). The average molecular weight is 357 g/mol. The van der Waals surface area contributed by atoms with Crippen LogP contribution in [0.25, 0.3) is 10.9 Å². The second kappa shape index (κ2) is 7.80. The van der Waals surface area contributed by atoms with Gasteiger partial charge in [-0.05, 0) is 31.7 Å². The van der Waals surface area contributed by atoms with Gasteiger partial charge in [-0.3, -0.25) is 14.5 Å². The van der Waals surface area contributed by atoms with Crippen molar-refractivity contribution in [3.05, 3.63) is 41.6 Å². The molecule has 0 bridgehead atoms. The van der Waals surface area contributed by atoms with E-state index in [4.69, 9.17) is 9.84 Å². The van der Waals surface area contributed by atoms with Crippen LogP contribution in [0.3, 0.4) is 0 Å². The average Bonchev–Trinajstić information content (AvgIpc) is 2.60. The number of carbonyl (C=O) groups is 2. The van der Waals surface area contributed by atoms with E-state index >= 15 is 0 Å². The standard InChI is InChI=1S/C19H23N3O4/c1-13-9-17(20-16-6-4-3-5-15(13)16)19(25)22-7-8-26-14(11-22)10-21(2)12-18(23)24/h3-6,9,14H,7-8,10-12H2,1-2H3,(H,23,24)/t14-/m1/s1. The minimum atomic E-state index is -0.882. The SMILES string of the molecule is Cc1cc(C(=O)N2CCO[C@H](CN(C)CC(=O)O)C2)nc2ccccc12. The summed E-state index contributed by atoms with van der Waals surface area (Å²) in [6, 6.07) is 9.59. The van der Waals surface area contributed by atoms with Gasteiger partial charge in [0.05, 0.1) is 24.8 Å². The van der Waals surface area contributed by atoms with Gasteiger partial charge >= 0.3 is 5.97 Å². The molecule has 0 spiro atoms. The third-order valence-electron chi connectivity index (χ3n) is 4.49. The van der Waals surface area contributed by atoms with Crippen molar-refractivity contribution in [3.8, 4) is 0 Å².